The van der Waals surface area contributed by atoms with Crippen molar-refractivity contribution >= 4 is 0 Å². The maximum atomic E-state index is 5.57. The fourth-order valence-corrected chi connectivity index (χ4v) is 1.90. The van der Waals surface area contributed by atoms with Crippen LogP contribution in [0.15, 0.2) is 24.3 Å². The number of nitrogens with two attached hydrogens (primary N) is 1. The van der Waals surface area contributed by atoms with Crippen LogP contribution in [0.1, 0.15) is 44.7 Å². The summed E-state index contributed by atoms with van der Waals surface area (Å²) in [6.45, 7) is 7.60. The second kappa shape index (κ2) is 5.32. The van der Waals surface area contributed by atoms with Gasteiger partial charge in [0.2, 0.25) is 0 Å². The smallest absolute Gasteiger partial charge is 0.00770 e. The van der Waals surface area contributed by atoms with Gasteiger partial charge in [-0.1, -0.05) is 45.0 Å². The molecule has 0 spiro atoms. The molecule has 0 amide bonds. The zero-order valence-corrected chi connectivity index (χ0v) is 10.2. The van der Waals surface area contributed by atoms with Crippen LogP contribution in [0, 0.1) is 0 Å². The molecule has 0 aliphatic heterocycles. The first-order valence-electron chi connectivity index (χ1n) is 5.89. The predicted octanol–water partition coefficient (Wildman–Crippen LogP) is 3.27. The van der Waals surface area contributed by atoms with E-state index in [4.69, 9.17) is 5.73 Å². The third-order valence-electron chi connectivity index (χ3n) is 3.12. The van der Waals surface area contributed by atoms with Crippen molar-refractivity contribution in [1.29, 1.82) is 0 Å². The molecule has 15 heavy (non-hydrogen) atoms. The summed E-state index contributed by atoms with van der Waals surface area (Å²) in [5, 5.41) is 0. The van der Waals surface area contributed by atoms with E-state index < -0.39 is 0 Å². The first-order chi connectivity index (χ1) is 7.10. The lowest BCUT2D eigenvalue weighted by Gasteiger charge is -2.25. The zero-order valence-electron chi connectivity index (χ0n) is 10.2. The third kappa shape index (κ3) is 3.35. The molecular formula is C14H23N. The van der Waals surface area contributed by atoms with Crippen LogP contribution in [0.3, 0.4) is 0 Å². The summed E-state index contributed by atoms with van der Waals surface area (Å²) in [6, 6.07) is 8.92. The maximum absolute atomic E-state index is 5.57. The minimum Gasteiger partial charge on any atom is -0.330 e. The van der Waals surface area contributed by atoms with Crippen molar-refractivity contribution in [3.63, 3.8) is 0 Å². The van der Waals surface area contributed by atoms with Gasteiger partial charge < -0.3 is 5.73 Å². The Morgan fingerprint density at radius 2 is 2.00 bits per heavy atom. The van der Waals surface area contributed by atoms with Gasteiger partial charge in [0.15, 0.2) is 0 Å². The van der Waals surface area contributed by atoms with Crippen LogP contribution < -0.4 is 5.73 Å². The fourth-order valence-electron chi connectivity index (χ4n) is 1.90. The van der Waals surface area contributed by atoms with Crippen molar-refractivity contribution in [3.8, 4) is 0 Å². The summed E-state index contributed by atoms with van der Waals surface area (Å²) in [5.74, 6) is 0. The summed E-state index contributed by atoms with van der Waals surface area (Å²) in [4.78, 5) is 0. The molecule has 0 radical (unpaired) electrons. The van der Waals surface area contributed by atoms with E-state index in [1.54, 1.807) is 0 Å². The minimum atomic E-state index is 0.255. The Hall–Kier alpha value is -0.820. The average Bonchev–Trinajstić information content (AvgIpc) is 2.26. The predicted molar refractivity (Wildman–Crippen MR) is 67.1 cm³/mol. The summed E-state index contributed by atoms with van der Waals surface area (Å²) >= 11 is 0. The van der Waals surface area contributed by atoms with E-state index in [0.717, 1.165) is 25.8 Å². The van der Waals surface area contributed by atoms with Crippen LogP contribution in [0.2, 0.25) is 0 Å². The average molecular weight is 205 g/mol. The molecule has 0 heterocycles. The van der Waals surface area contributed by atoms with E-state index in [1.165, 1.54) is 11.1 Å². The minimum absolute atomic E-state index is 0.255. The van der Waals surface area contributed by atoms with Gasteiger partial charge in [0.05, 0.1) is 0 Å². The first-order valence-corrected chi connectivity index (χ1v) is 5.89. The largest absolute Gasteiger partial charge is 0.330 e. The standard InChI is InChI=1S/C14H23N/c1-4-12-7-5-8-13(11-12)14(2,3)9-6-10-15/h5,7-8,11H,4,6,9-10,15H2,1-3H3. The molecule has 0 aliphatic rings. The monoisotopic (exact) mass is 205 g/mol. The molecule has 1 aromatic carbocycles. The van der Waals surface area contributed by atoms with Crippen molar-refractivity contribution in [3.05, 3.63) is 35.4 Å². The van der Waals surface area contributed by atoms with Crippen LogP contribution in [-0.2, 0) is 11.8 Å². The molecule has 1 aromatic rings. The Morgan fingerprint density at radius 1 is 1.27 bits per heavy atom. The number of hydrogen-bond acceptors (Lipinski definition) is 1. The Bertz CT molecular complexity index is 302. The molecule has 0 saturated carbocycles. The summed E-state index contributed by atoms with van der Waals surface area (Å²) in [7, 11) is 0. The van der Waals surface area contributed by atoms with E-state index in [-0.39, 0.29) is 5.41 Å². The number of rotatable bonds is 5. The van der Waals surface area contributed by atoms with Gasteiger partial charge in [-0.15, -0.1) is 0 Å². The molecule has 0 unspecified atom stereocenters. The van der Waals surface area contributed by atoms with E-state index in [2.05, 4.69) is 45.0 Å². The molecule has 2 N–H and O–H groups in total. The van der Waals surface area contributed by atoms with Gasteiger partial charge in [0.25, 0.3) is 0 Å². The maximum Gasteiger partial charge on any atom is -0.00770 e. The first kappa shape index (κ1) is 12.3. The van der Waals surface area contributed by atoms with Gasteiger partial charge in [0, 0.05) is 0 Å². The second-order valence-electron chi connectivity index (χ2n) is 4.83. The lowest BCUT2D eigenvalue weighted by molar-refractivity contribution is 0.464. The highest BCUT2D eigenvalue weighted by atomic mass is 14.5. The van der Waals surface area contributed by atoms with Crippen molar-refractivity contribution < 1.29 is 0 Å². The molecule has 0 aliphatic carbocycles. The summed E-state index contributed by atoms with van der Waals surface area (Å²) < 4.78 is 0. The SMILES string of the molecule is CCc1cccc(C(C)(C)CCCN)c1. The van der Waals surface area contributed by atoms with Crippen LogP contribution in [0.5, 0.6) is 0 Å². The van der Waals surface area contributed by atoms with Gasteiger partial charge in [-0.2, -0.15) is 0 Å². The molecule has 0 saturated heterocycles. The van der Waals surface area contributed by atoms with Crippen LogP contribution in [0.25, 0.3) is 0 Å². The van der Waals surface area contributed by atoms with E-state index in [1.807, 2.05) is 0 Å². The summed E-state index contributed by atoms with van der Waals surface area (Å²) in [5.41, 5.74) is 8.69. The van der Waals surface area contributed by atoms with Crippen molar-refractivity contribution in [2.75, 3.05) is 6.54 Å². The third-order valence-corrected chi connectivity index (χ3v) is 3.12. The van der Waals surface area contributed by atoms with Crippen LogP contribution in [-0.4, -0.2) is 6.54 Å². The highest BCUT2D eigenvalue weighted by molar-refractivity contribution is 5.29. The molecule has 84 valence electrons. The highest BCUT2D eigenvalue weighted by Crippen LogP contribution is 2.28. The molecule has 1 rings (SSSR count). The van der Waals surface area contributed by atoms with Gasteiger partial charge in [-0.25, -0.2) is 0 Å². The Kier molecular flexibility index (Phi) is 4.34. The normalized spacial score (nSPS) is 11.7. The van der Waals surface area contributed by atoms with Gasteiger partial charge >= 0.3 is 0 Å². The lowest BCUT2D eigenvalue weighted by Crippen LogP contribution is -2.19. The zero-order chi connectivity index (χ0) is 11.3. The van der Waals surface area contributed by atoms with E-state index >= 15 is 0 Å². The number of hydrogen-bond donors (Lipinski definition) is 1. The van der Waals surface area contributed by atoms with Crippen molar-refractivity contribution in [2.45, 2.75) is 45.4 Å². The Labute approximate surface area is 93.7 Å². The quantitative estimate of drug-likeness (QED) is 0.784. The second-order valence-corrected chi connectivity index (χ2v) is 4.83. The Morgan fingerprint density at radius 3 is 2.60 bits per heavy atom. The van der Waals surface area contributed by atoms with E-state index in [9.17, 15) is 0 Å². The molecular weight excluding hydrogens is 182 g/mol. The molecule has 0 bridgehead atoms. The molecule has 1 nitrogen and oxygen atoms in total. The van der Waals surface area contributed by atoms with Gasteiger partial charge in [-0.05, 0) is 42.3 Å². The fraction of sp³-hybridized carbons (Fsp3) is 0.571. The van der Waals surface area contributed by atoms with Crippen molar-refractivity contribution in [2.24, 2.45) is 5.73 Å². The molecule has 1 heteroatoms. The molecule has 0 aromatic heterocycles. The lowest BCUT2D eigenvalue weighted by atomic mass is 9.80. The van der Waals surface area contributed by atoms with Crippen LogP contribution >= 0.6 is 0 Å². The Balaban J connectivity index is 2.83. The van der Waals surface area contributed by atoms with Crippen molar-refractivity contribution in [1.82, 2.24) is 0 Å². The topological polar surface area (TPSA) is 26.0 Å². The number of aryl methyl sites for hydroxylation is 1. The molecule has 0 atom stereocenters. The highest BCUT2D eigenvalue weighted by Gasteiger charge is 2.19. The summed E-state index contributed by atoms with van der Waals surface area (Å²) in [6.07, 6.45) is 3.38. The number of benzene rings is 1. The molecule has 0 fully saturated rings. The van der Waals surface area contributed by atoms with Crippen LogP contribution in [0.4, 0.5) is 0 Å². The van der Waals surface area contributed by atoms with E-state index in [0.29, 0.717) is 0 Å². The van der Waals surface area contributed by atoms with Gasteiger partial charge in [-0.3, -0.25) is 0 Å². The van der Waals surface area contributed by atoms with Gasteiger partial charge in [0.1, 0.15) is 0 Å².